The largest absolute Gasteiger partial charge is 0.487 e. The predicted octanol–water partition coefficient (Wildman–Crippen LogP) is 1.58. The number of fused-ring (bicyclic) bond motifs is 1. The Hall–Kier alpha value is -2.49. The van der Waals surface area contributed by atoms with Gasteiger partial charge in [0.15, 0.2) is 0 Å². The molecule has 1 aliphatic rings. The summed E-state index contributed by atoms with van der Waals surface area (Å²) < 4.78 is 31.5. The number of urea groups is 1. The molecule has 2 rings (SSSR count). The van der Waals surface area contributed by atoms with E-state index in [1.54, 1.807) is 36.0 Å². The summed E-state index contributed by atoms with van der Waals surface area (Å²) in [5, 5.41) is 2.84. The Bertz CT molecular complexity index is 871. The molecule has 2 atom stereocenters. The molecular formula is C19H30N4O5S. The Balaban J connectivity index is 2.31. The number of amides is 3. The predicted molar refractivity (Wildman–Crippen MR) is 112 cm³/mol. The van der Waals surface area contributed by atoms with E-state index in [4.69, 9.17) is 4.74 Å². The van der Waals surface area contributed by atoms with Crippen LogP contribution in [-0.4, -0.2) is 75.7 Å². The van der Waals surface area contributed by atoms with Crippen LogP contribution in [0.3, 0.4) is 0 Å². The molecule has 0 aromatic heterocycles. The Morgan fingerprint density at radius 2 is 2.03 bits per heavy atom. The molecule has 3 amide bonds. The van der Waals surface area contributed by atoms with Gasteiger partial charge in [0.25, 0.3) is 5.91 Å². The van der Waals surface area contributed by atoms with Crippen molar-refractivity contribution in [1.29, 1.82) is 0 Å². The van der Waals surface area contributed by atoms with E-state index < -0.39 is 10.0 Å². The van der Waals surface area contributed by atoms with Crippen LogP contribution < -0.4 is 14.8 Å². The molecule has 1 heterocycles. The van der Waals surface area contributed by atoms with Gasteiger partial charge in [-0.2, -0.15) is 0 Å². The van der Waals surface area contributed by atoms with Crippen LogP contribution in [0.2, 0.25) is 0 Å². The molecule has 0 aliphatic carbocycles. The second-order valence-electron chi connectivity index (χ2n) is 7.89. The lowest BCUT2D eigenvalue weighted by atomic mass is 10.0. The van der Waals surface area contributed by atoms with Gasteiger partial charge in [0.1, 0.15) is 11.9 Å². The van der Waals surface area contributed by atoms with Gasteiger partial charge < -0.3 is 19.9 Å². The minimum absolute atomic E-state index is 0.0193. The molecule has 162 valence electrons. The number of hydrogen-bond acceptors (Lipinski definition) is 5. The Labute approximate surface area is 172 Å². The van der Waals surface area contributed by atoms with Gasteiger partial charge in [0.2, 0.25) is 10.0 Å². The third-order valence-corrected chi connectivity index (χ3v) is 5.15. The molecule has 0 bridgehead atoms. The quantitative estimate of drug-likeness (QED) is 0.743. The van der Waals surface area contributed by atoms with E-state index in [9.17, 15) is 18.0 Å². The fourth-order valence-corrected chi connectivity index (χ4v) is 3.68. The number of anilines is 1. The molecule has 1 aromatic rings. The second-order valence-corrected chi connectivity index (χ2v) is 9.64. The van der Waals surface area contributed by atoms with Gasteiger partial charge in [0, 0.05) is 38.3 Å². The third kappa shape index (κ3) is 6.25. The fourth-order valence-electron chi connectivity index (χ4n) is 3.12. The summed E-state index contributed by atoms with van der Waals surface area (Å²) in [5.41, 5.74) is 0.558. The number of hydrogen-bond donors (Lipinski definition) is 2. The number of carbonyl (C=O) groups is 2. The highest BCUT2D eigenvalue weighted by molar-refractivity contribution is 7.92. The van der Waals surface area contributed by atoms with Gasteiger partial charge in [-0.3, -0.25) is 9.52 Å². The zero-order valence-corrected chi connectivity index (χ0v) is 18.5. The van der Waals surface area contributed by atoms with E-state index in [0.717, 1.165) is 6.26 Å². The van der Waals surface area contributed by atoms with Crippen molar-refractivity contribution in [3.63, 3.8) is 0 Å². The molecule has 0 saturated carbocycles. The van der Waals surface area contributed by atoms with Gasteiger partial charge in [0.05, 0.1) is 18.4 Å². The van der Waals surface area contributed by atoms with Crippen molar-refractivity contribution < 1.29 is 22.7 Å². The summed E-state index contributed by atoms with van der Waals surface area (Å²) in [7, 11) is -0.0857. The minimum Gasteiger partial charge on any atom is -0.487 e. The highest BCUT2D eigenvalue weighted by atomic mass is 32.2. The van der Waals surface area contributed by atoms with Crippen molar-refractivity contribution in [1.82, 2.24) is 15.1 Å². The standard InChI is InChI=1S/C19H30N4O5S/c1-12(2)20-19(25)23(5)11-17-13(3)10-22(4)18(24)15-9-14(21-29(6,26)27)7-8-16(15)28-17/h7-9,12-13,17,21H,10-11H2,1-6H3,(H,20,25)/t13-,17-/m0/s1. The van der Waals surface area contributed by atoms with Gasteiger partial charge >= 0.3 is 6.03 Å². The van der Waals surface area contributed by atoms with Crippen molar-refractivity contribution in [2.24, 2.45) is 5.92 Å². The number of ether oxygens (including phenoxy) is 1. The average molecular weight is 427 g/mol. The van der Waals surface area contributed by atoms with Crippen LogP contribution in [0.25, 0.3) is 0 Å². The van der Waals surface area contributed by atoms with Crippen LogP contribution in [0.1, 0.15) is 31.1 Å². The first-order valence-corrected chi connectivity index (χ1v) is 11.3. The van der Waals surface area contributed by atoms with Gasteiger partial charge in [-0.05, 0) is 32.0 Å². The second kappa shape index (κ2) is 8.89. The van der Waals surface area contributed by atoms with Crippen molar-refractivity contribution in [2.45, 2.75) is 32.9 Å². The number of rotatable bonds is 5. The number of nitrogens with one attached hydrogen (secondary N) is 2. The maximum absolute atomic E-state index is 12.8. The van der Waals surface area contributed by atoms with E-state index in [0.29, 0.717) is 18.8 Å². The summed E-state index contributed by atoms with van der Waals surface area (Å²) >= 11 is 0. The number of benzene rings is 1. The molecule has 1 aromatic carbocycles. The Kier molecular flexibility index (Phi) is 6.99. The maximum Gasteiger partial charge on any atom is 0.317 e. The van der Waals surface area contributed by atoms with Crippen LogP contribution in [0.15, 0.2) is 18.2 Å². The smallest absolute Gasteiger partial charge is 0.317 e. The lowest BCUT2D eigenvalue weighted by Gasteiger charge is -2.35. The van der Waals surface area contributed by atoms with Crippen LogP contribution in [-0.2, 0) is 10.0 Å². The Morgan fingerprint density at radius 3 is 2.62 bits per heavy atom. The lowest BCUT2D eigenvalue weighted by molar-refractivity contribution is 0.0577. The number of sulfonamides is 1. The summed E-state index contributed by atoms with van der Waals surface area (Å²) in [6.07, 6.45) is 0.699. The van der Waals surface area contributed by atoms with E-state index in [2.05, 4.69) is 10.0 Å². The first-order chi connectivity index (χ1) is 13.4. The fraction of sp³-hybridized carbons (Fsp3) is 0.579. The zero-order valence-electron chi connectivity index (χ0n) is 17.7. The zero-order chi connectivity index (χ0) is 21.9. The molecule has 0 unspecified atom stereocenters. The molecule has 2 N–H and O–H groups in total. The number of likely N-dealkylation sites (N-methyl/N-ethyl adjacent to an activating group) is 1. The van der Waals surface area contributed by atoms with Gasteiger partial charge in [-0.1, -0.05) is 6.92 Å². The monoisotopic (exact) mass is 426 g/mol. The van der Waals surface area contributed by atoms with Gasteiger partial charge in [-0.25, -0.2) is 13.2 Å². The molecule has 0 saturated heterocycles. The van der Waals surface area contributed by atoms with Crippen molar-refractivity contribution in [3.05, 3.63) is 23.8 Å². The number of nitrogens with zero attached hydrogens (tertiary/aromatic N) is 2. The van der Waals surface area contributed by atoms with Crippen molar-refractivity contribution in [3.8, 4) is 5.75 Å². The summed E-state index contributed by atoms with van der Waals surface area (Å²) in [4.78, 5) is 28.2. The van der Waals surface area contributed by atoms with E-state index in [1.807, 2.05) is 20.8 Å². The third-order valence-electron chi connectivity index (χ3n) is 4.55. The van der Waals surface area contributed by atoms with E-state index in [1.165, 1.54) is 6.07 Å². The molecule has 0 spiro atoms. The first kappa shape index (κ1) is 22.8. The van der Waals surface area contributed by atoms with E-state index >= 15 is 0 Å². The van der Waals surface area contributed by atoms with Crippen LogP contribution in [0.4, 0.5) is 10.5 Å². The SMILES string of the molecule is CC(C)NC(=O)N(C)C[C@@H]1Oc2ccc(NS(C)(=O)=O)cc2C(=O)N(C)C[C@@H]1C. The van der Waals surface area contributed by atoms with Gasteiger partial charge in [-0.15, -0.1) is 0 Å². The van der Waals surface area contributed by atoms with Crippen molar-refractivity contribution >= 4 is 27.6 Å². The molecule has 9 nitrogen and oxygen atoms in total. The highest BCUT2D eigenvalue weighted by Gasteiger charge is 2.31. The average Bonchev–Trinajstić information content (AvgIpc) is 2.58. The minimum atomic E-state index is -3.47. The number of carbonyl (C=O) groups excluding carboxylic acids is 2. The maximum atomic E-state index is 12.8. The van der Waals surface area contributed by atoms with E-state index in [-0.39, 0.29) is 41.3 Å². The molecule has 0 radical (unpaired) electrons. The normalized spacial score (nSPS) is 19.7. The Morgan fingerprint density at radius 1 is 1.38 bits per heavy atom. The summed E-state index contributed by atoms with van der Waals surface area (Å²) in [5.74, 6) is 0.0729. The molecular weight excluding hydrogens is 396 g/mol. The van der Waals surface area contributed by atoms with Crippen molar-refractivity contribution in [2.75, 3.05) is 38.2 Å². The molecule has 29 heavy (non-hydrogen) atoms. The summed E-state index contributed by atoms with van der Waals surface area (Å²) in [6, 6.07) is 4.41. The van der Waals surface area contributed by atoms with Crippen LogP contribution in [0, 0.1) is 5.92 Å². The van der Waals surface area contributed by atoms with Crippen LogP contribution in [0.5, 0.6) is 5.75 Å². The lowest BCUT2D eigenvalue weighted by Crippen LogP contribution is -2.49. The topological polar surface area (TPSA) is 108 Å². The summed E-state index contributed by atoms with van der Waals surface area (Å²) in [6.45, 7) is 6.52. The molecule has 0 fully saturated rings. The van der Waals surface area contributed by atoms with Crippen LogP contribution >= 0.6 is 0 Å². The molecule has 10 heteroatoms. The molecule has 1 aliphatic heterocycles. The first-order valence-electron chi connectivity index (χ1n) is 9.43. The highest BCUT2D eigenvalue weighted by Crippen LogP contribution is 2.29.